The van der Waals surface area contributed by atoms with E-state index in [0.29, 0.717) is 9.79 Å². The summed E-state index contributed by atoms with van der Waals surface area (Å²) in [6.07, 6.45) is 5.55. The highest BCUT2D eigenvalue weighted by molar-refractivity contribution is 9.10. The molecule has 0 radical (unpaired) electrons. The predicted octanol–water partition coefficient (Wildman–Crippen LogP) is 6.73. The highest BCUT2D eigenvalue weighted by Crippen LogP contribution is 2.31. The summed E-state index contributed by atoms with van der Waals surface area (Å²) in [6, 6.07) is 11.0. The van der Waals surface area contributed by atoms with E-state index < -0.39 is 9.84 Å². The fourth-order valence-electron chi connectivity index (χ4n) is 2.86. The van der Waals surface area contributed by atoms with Crippen LogP contribution in [-0.4, -0.2) is 8.42 Å². The molecule has 0 saturated carbocycles. The second kappa shape index (κ2) is 9.33. The van der Waals surface area contributed by atoms with Crippen molar-refractivity contribution in [2.75, 3.05) is 0 Å². The van der Waals surface area contributed by atoms with Crippen LogP contribution in [0.5, 0.6) is 0 Å². The van der Waals surface area contributed by atoms with Gasteiger partial charge in [0.25, 0.3) is 0 Å². The molecule has 2 aromatic rings. The Bertz CT molecular complexity index is 766. The first-order valence-corrected chi connectivity index (χ1v) is 11.8. The summed E-state index contributed by atoms with van der Waals surface area (Å²) in [7, 11) is -3.54. The van der Waals surface area contributed by atoms with Gasteiger partial charge in [0.15, 0.2) is 0 Å². The Labute approximate surface area is 168 Å². The van der Waals surface area contributed by atoms with Crippen molar-refractivity contribution in [1.29, 1.82) is 0 Å². The van der Waals surface area contributed by atoms with Gasteiger partial charge in [-0.3, -0.25) is 0 Å². The molecule has 136 valence electrons. The summed E-state index contributed by atoms with van der Waals surface area (Å²) in [4.78, 5) is 0.869. The molecular formula is C20H24Br2O2S. The molecule has 0 amide bonds. The fraction of sp³-hybridized carbons (Fsp3) is 0.400. The predicted molar refractivity (Wildman–Crippen MR) is 111 cm³/mol. The number of hydrogen-bond donors (Lipinski definition) is 0. The molecule has 0 aromatic heterocycles. The normalized spacial score (nSPS) is 11.7. The summed E-state index contributed by atoms with van der Waals surface area (Å²) < 4.78 is 28.6. The Kier molecular flexibility index (Phi) is 7.71. The lowest BCUT2D eigenvalue weighted by Gasteiger charge is -2.15. The molecule has 0 N–H and O–H groups in total. The first-order chi connectivity index (χ1) is 11.9. The van der Waals surface area contributed by atoms with Gasteiger partial charge in [-0.25, -0.2) is 8.42 Å². The molecule has 0 atom stereocenters. The molecule has 0 aliphatic carbocycles. The van der Waals surface area contributed by atoms with E-state index in [9.17, 15) is 8.42 Å². The maximum absolute atomic E-state index is 13.4. The number of halogens is 2. The first-order valence-electron chi connectivity index (χ1n) is 8.72. The van der Waals surface area contributed by atoms with Gasteiger partial charge in [-0.15, -0.1) is 0 Å². The lowest BCUT2D eigenvalue weighted by molar-refractivity contribution is 0.592. The standard InChI is InChI=1S/C20H24Br2O2S/c1-3-5-7-15-13-17(21)9-11-19(15)25(23,24)20-12-10-18(22)14-16(20)8-6-4-2/h9-14H,3-8H2,1-2H3. The maximum Gasteiger partial charge on any atom is 0.207 e. The highest BCUT2D eigenvalue weighted by atomic mass is 79.9. The van der Waals surface area contributed by atoms with Crippen molar-refractivity contribution in [1.82, 2.24) is 0 Å². The molecule has 0 spiro atoms. The molecule has 0 fully saturated rings. The van der Waals surface area contributed by atoms with Gasteiger partial charge in [-0.1, -0.05) is 58.5 Å². The topological polar surface area (TPSA) is 34.1 Å². The number of sulfone groups is 1. The molecule has 0 aliphatic heterocycles. The zero-order valence-corrected chi connectivity index (χ0v) is 18.7. The Morgan fingerprint density at radius 2 is 1.16 bits per heavy atom. The molecule has 25 heavy (non-hydrogen) atoms. The summed E-state index contributed by atoms with van der Waals surface area (Å²) in [6.45, 7) is 4.23. The van der Waals surface area contributed by atoms with E-state index in [4.69, 9.17) is 0 Å². The van der Waals surface area contributed by atoms with Crippen LogP contribution in [-0.2, 0) is 22.7 Å². The van der Waals surface area contributed by atoms with E-state index >= 15 is 0 Å². The Morgan fingerprint density at radius 3 is 1.52 bits per heavy atom. The zero-order chi connectivity index (χ0) is 18.4. The molecule has 2 rings (SSSR count). The smallest absolute Gasteiger partial charge is 0.207 e. The van der Waals surface area contributed by atoms with Crippen LogP contribution >= 0.6 is 31.9 Å². The van der Waals surface area contributed by atoms with Gasteiger partial charge in [-0.2, -0.15) is 0 Å². The zero-order valence-electron chi connectivity index (χ0n) is 14.7. The van der Waals surface area contributed by atoms with E-state index in [1.165, 1.54) is 0 Å². The van der Waals surface area contributed by atoms with Crippen LogP contribution in [0.2, 0.25) is 0 Å². The minimum Gasteiger partial charge on any atom is -0.218 e. The molecule has 0 bridgehead atoms. The monoisotopic (exact) mass is 486 g/mol. The van der Waals surface area contributed by atoms with E-state index in [1.807, 2.05) is 24.3 Å². The minimum atomic E-state index is -3.54. The lowest BCUT2D eigenvalue weighted by atomic mass is 10.1. The van der Waals surface area contributed by atoms with Crippen LogP contribution in [0.3, 0.4) is 0 Å². The van der Waals surface area contributed by atoms with Gasteiger partial charge in [0.05, 0.1) is 9.79 Å². The number of aryl methyl sites for hydroxylation is 2. The van der Waals surface area contributed by atoms with Crippen molar-refractivity contribution in [3.63, 3.8) is 0 Å². The van der Waals surface area contributed by atoms with Gasteiger partial charge in [0, 0.05) is 8.95 Å². The van der Waals surface area contributed by atoms with Crippen molar-refractivity contribution in [2.24, 2.45) is 0 Å². The highest BCUT2D eigenvalue weighted by Gasteiger charge is 2.24. The van der Waals surface area contributed by atoms with E-state index in [2.05, 4.69) is 45.7 Å². The van der Waals surface area contributed by atoms with E-state index in [0.717, 1.165) is 58.6 Å². The second-order valence-corrected chi connectivity index (χ2v) is 9.93. The van der Waals surface area contributed by atoms with Crippen LogP contribution < -0.4 is 0 Å². The number of hydrogen-bond acceptors (Lipinski definition) is 2. The summed E-state index contributed by atoms with van der Waals surface area (Å²) >= 11 is 6.94. The van der Waals surface area contributed by atoms with Crippen molar-refractivity contribution in [3.8, 4) is 0 Å². The Morgan fingerprint density at radius 1 is 0.760 bits per heavy atom. The summed E-state index contributed by atoms with van der Waals surface area (Å²) in [5.41, 5.74) is 1.78. The third-order valence-electron chi connectivity index (χ3n) is 4.22. The second-order valence-electron chi connectivity index (χ2n) is 6.21. The van der Waals surface area contributed by atoms with Crippen LogP contribution in [0.25, 0.3) is 0 Å². The van der Waals surface area contributed by atoms with Crippen molar-refractivity contribution in [2.45, 2.75) is 62.2 Å². The molecule has 2 aromatic carbocycles. The van der Waals surface area contributed by atoms with Crippen molar-refractivity contribution in [3.05, 3.63) is 56.5 Å². The number of unbranched alkanes of at least 4 members (excludes halogenated alkanes) is 2. The Hall–Kier alpha value is -0.650. The third-order valence-corrected chi connectivity index (χ3v) is 7.16. The minimum absolute atomic E-state index is 0.434. The van der Waals surface area contributed by atoms with Gasteiger partial charge < -0.3 is 0 Å². The molecule has 5 heteroatoms. The fourth-order valence-corrected chi connectivity index (χ4v) is 5.42. The third kappa shape index (κ3) is 5.18. The van der Waals surface area contributed by atoms with Crippen LogP contribution in [0.4, 0.5) is 0 Å². The summed E-state index contributed by atoms with van der Waals surface area (Å²) in [5, 5.41) is 0. The van der Waals surface area contributed by atoms with Crippen LogP contribution in [0.15, 0.2) is 55.1 Å². The Balaban J connectivity index is 2.56. The van der Waals surface area contributed by atoms with Crippen LogP contribution in [0.1, 0.15) is 50.7 Å². The van der Waals surface area contributed by atoms with Crippen LogP contribution in [0, 0.1) is 0 Å². The SMILES string of the molecule is CCCCc1cc(Br)ccc1S(=O)(=O)c1ccc(Br)cc1CCCC. The molecule has 0 heterocycles. The average molecular weight is 488 g/mol. The molecule has 0 aliphatic rings. The average Bonchev–Trinajstić information content (AvgIpc) is 2.57. The molecule has 2 nitrogen and oxygen atoms in total. The maximum atomic E-state index is 13.4. The van der Waals surface area contributed by atoms with E-state index in [-0.39, 0.29) is 0 Å². The van der Waals surface area contributed by atoms with E-state index in [1.54, 1.807) is 12.1 Å². The number of rotatable bonds is 8. The van der Waals surface area contributed by atoms with Gasteiger partial charge in [-0.05, 0) is 73.2 Å². The summed E-state index contributed by atoms with van der Waals surface area (Å²) in [5.74, 6) is 0. The quantitative estimate of drug-likeness (QED) is 0.413. The van der Waals surface area contributed by atoms with Gasteiger partial charge in [0.2, 0.25) is 9.84 Å². The van der Waals surface area contributed by atoms with Gasteiger partial charge in [0.1, 0.15) is 0 Å². The van der Waals surface area contributed by atoms with Gasteiger partial charge >= 0.3 is 0 Å². The first kappa shape index (κ1) is 20.7. The number of benzene rings is 2. The lowest BCUT2D eigenvalue weighted by Crippen LogP contribution is -2.09. The molecule has 0 unspecified atom stereocenters. The van der Waals surface area contributed by atoms with Crippen molar-refractivity contribution >= 4 is 41.7 Å². The van der Waals surface area contributed by atoms with Crippen molar-refractivity contribution < 1.29 is 8.42 Å². The molecule has 0 saturated heterocycles. The molecular weight excluding hydrogens is 464 g/mol. The largest absolute Gasteiger partial charge is 0.218 e.